The first-order valence-electron chi connectivity index (χ1n) is 13.2. The zero-order valence-electron chi connectivity index (χ0n) is 22.5. The number of aromatic nitrogens is 2. The van der Waals surface area contributed by atoms with Crippen molar-refractivity contribution in [2.45, 2.75) is 18.6 Å². The second-order valence-corrected chi connectivity index (χ2v) is 11.1. The lowest BCUT2D eigenvalue weighted by Crippen LogP contribution is -2.42. The van der Waals surface area contributed by atoms with Crippen LogP contribution in [0, 0.1) is 6.92 Å². The third-order valence-electron chi connectivity index (χ3n) is 6.75. The van der Waals surface area contributed by atoms with Crippen LogP contribution in [0.4, 0.5) is 5.82 Å². The Bertz CT molecular complexity index is 1490. The molecule has 0 saturated heterocycles. The topological polar surface area (TPSA) is 76.5 Å². The number of halogens is 1. The molecule has 9 heteroatoms. The van der Waals surface area contributed by atoms with Gasteiger partial charge in [-0.3, -0.25) is 14.5 Å². The number of hydrogen-bond donors (Lipinski definition) is 1. The van der Waals surface area contributed by atoms with Crippen LogP contribution in [0.15, 0.2) is 78.9 Å². The second-order valence-electron chi connectivity index (χ2n) is 9.59. The number of nitrogens with one attached hydrogen (secondary N) is 1. The predicted octanol–water partition coefficient (Wildman–Crippen LogP) is 5.82. The number of ether oxygens (including phenoxy) is 1. The molecule has 0 saturated carbocycles. The summed E-state index contributed by atoms with van der Waals surface area (Å²) in [4.78, 5) is 28.5. The van der Waals surface area contributed by atoms with E-state index in [1.165, 1.54) is 11.8 Å². The second kappa shape index (κ2) is 12.7. The molecular formula is C31H31ClN4O3S. The van der Waals surface area contributed by atoms with Gasteiger partial charge < -0.3 is 10.1 Å². The summed E-state index contributed by atoms with van der Waals surface area (Å²) in [6, 6.07) is 25.6. The zero-order chi connectivity index (χ0) is 28.1. The van der Waals surface area contributed by atoms with E-state index >= 15 is 0 Å². The number of fused-ring (bicyclic) bond motifs is 1. The zero-order valence-corrected chi connectivity index (χ0v) is 24.0. The van der Waals surface area contributed by atoms with Crippen molar-refractivity contribution >= 4 is 41.0 Å². The highest BCUT2D eigenvalue weighted by Crippen LogP contribution is 2.49. The first-order valence-corrected chi connectivity index (χ1v) is 14.6. The van der Waals surface area contributed by atoms with E-state index in [9.17, 15) is 9.59 Å². The first-order chi connectivity index (χ1) is 19.5. The minimum absolute atomic E-state index is 0.125. The molecule has 1 atom stereocenters. The van der Waals surface area contributed by atoms with E-state index in [1.54, 1.807) is 16.7 Å². The normalized spacial score (nSPS) is 15.0. The Hall–Kier alpha value is -3.59. The van der Waals surface area contributed by atoms with E-state index in [2.05, 4.69) is 5.32 Å². The van der Waals surface area contributed by atoms with Crippen molar-refractivity contribution in [2.24, 2.45) is 0 Å². The van der Waals surface area contributed by atoms with Crippen LogP contribution < -0.4 is 10.2 Å². The maximum absolute atomic E-state index is 13.8. The lowest BCUT2D eigenvalue weighted by Gasteiger charge is -2.23. The molecule has 5 rings (SSSR count). The Balaban J connectivity index is 1.71. The quantitative estimate of drug-likeness (QED) is 0.255. The molecule has 0 aliphatic carbocycles. The summed E-state index contributed by atoms with van der Waals surface area (Å²) in [5.41, 5.74) is 5.32. The van der Waals surface area contributed by atoms with E-state index in [1.807, 2.05) is 85.8 Å². The van der Waals surface area contributed by atoms with Gasteiger partial charge in [-0.25, -0.2) is 4.68 Å². The van der Waals surface area contributed by atoms with Crippen molar-refractivity contribution in [3.05, 3.63) is 101 Å². The summed E-state index contributed by atoms with van der Waals surface area (Å²) >= 11 is 8.24. The van der Waals surface area contributed by atoms with E-state index in [-0.39, 0.29) is 29.4 Å². The largest absolute Gasteiger partial charge is 0.385 e. The van der Waals surface area contributed by atoms with E-state index < -0.39 is 0 Å². The minimum Gasteiger partial charge on any atom is -0.385 e. The Kier molecular flexibility index (Phi) is 8.89. The van der Waals surface area contributed by atoms with Gasteiger partial charge in [0.2, 0.25) is 11.8 Å². The third-order valence-corrected chi connectivity index (χ3v) is 8.33. The number of aryl methyl sites for hydroxylation is 1. The van der Waals surface area contributed by atoms with Gasteiger partial charge in [0.1, 0.15) is 12.4 Å². The molecule has 1 N–H and O–H groups in total. The molecule has 1 aromatic heterocycles. The van der Waals surface area contributed by atoms with Crippen LogP contribution in [-0.2, 0) is 14.3 Å². The Morgan fingerprint density at radius 3 is 2.52 bits per heavy atom. The fourth-order valence-electron chi connectivity index (χ4n) is 4.77. The number of benzene rings is 3. The number of hydrogen-bond acceptors (Lipinski definition) is 5. The van der Waals surface area contributed by atoms with Crippen LogP contribution in [0.2, 0.25) is 5.02 Å². The van der Waals surface area contributed by atoms with Gasteiger partial charge in [0.05, 0.1) is 22.4 Å². The Morgan fingerprint density at radius 1 is 1.07 bits per heavy atom. The molecule has 1 aliphatic rings. The first kappa shape index (κ1) is 28.0. The average Bonchev–Trinajstić information content (AvgIpc) is 3.29. The van der Waals surface area contributed by atoms with Gasteiger partial charge in [0.25, 0.3) is 0 Å². The maximum Gasteiger partial charge on any atom is 0.240 e. The number of amides is 2. The molecule has 0 radical (unpaired) electrons. The van der Waals surface area contributed by atoms with Gasteiger partial charge >= 0.3 is 0 Å². The number of nitrogens with zero attached hydrogens (tertiary/aromatic N) is 3. The van der Waals surface area contributed by atoms with Gasteiger partial charge in [0, 0.05) is 36.4 Å². The molecule has 1 aliphatic heterocycles. The van der Waals surface area contributed by atoms with Crippen LogP contribution in [0.5, 0.6) is 0 Å². The van der Waals surface area contributed by atoms with Gasteiger partial charge in [-0.2, -0.15) is 5.10 Å². The number of carbonyl (C=O) groups is 2. The van der Waals surface area contributed by atoms with E-state index in [0.29, 0.717) is 30.4 Å². The number of thioether (sulfide) groups is 1. The van der Waals surface area contributed by atoms with Crippen molar-refractivity contribution in [3.8, 4) is 16.9 Å². The summed E-state index contributed by atoms with van der Waals surface area (Å²) in [5, 5.41) is 8.36. The molecule has 3 aromatic carbocycles. The van der Waals surface area contributed by atoms with Crippen molar-refractivity contribution in [3.63, 3.8) is 0 Å². The summed E-state index contributed by atoms with van der Waals surface area (Å²) in [6.07, 6.45) is 0.686. The van der Waals surface area contributed by atoms with Gasteiger partial charge in [0.15, 0.2) is 0 Å². The molecule has 2 amide bonds. The number of methoxy groups -OCH3 is 1. The van der Waals surface area contributed by atoms with Crippen molar-refractivity contribution in [1.82, 2.24) is 15.1 Å². The molecule has 4 aromatic rings. The highest BCUT2D eigenvalue weighted by Gasteiger charge is 2.38. The summed E-state index contributed by atoms with van der Waals surface area (Å²) in [7, 11) is 1.63. The minimum atomic E-state index is -0.281. The number of rotatable bonds is 9. The SMILES string of the molecule is COCCCNC(=O)CN1C(=O)CSC(c2ccccc2Cl)c2c(-c3ccccc3)nn(-c3ccc(C)cc3)c21. The summed E-state index contributed by atoms with van der Waals surface area (Å²) in [5.74, 6) is 0.355. The molecule has 7 nitrogen and oxygen atoms in total. The number of anilines is 1. The molecule has 1 unspecified atom stereocenters. The molecule has 0 spiro atoms. The maximum atomic E-state index is 13.8. The number of carbonyl (C=O) groups excluding carboxylic acids is 2. The average molecular weight is 575 g/mol. The van der Waals surface area contributed by atoms with Gasteiger partial charge in [-0.05, 0) is 37.1 Å². The lowest BCUT2D eigenvalue weighted by atomic mass is 9.99. The molecule has 2 heterocycles. The lowest BCUT2D eigenvalue weighted by molar-refractivity contribution is -0.122. The summed E-state index contributed by atoms with van der Waals surface area (Å²) < 4.78 is 6.89. The van der Waals surface area contributed by atoms with Crippen molar-refractivity contribution in [1.29, 1.82) is 0 Å². The van der Waals surface area contributed by atoms with Crippen LogP contribution in [-0.4, -0.2) is 54.2 Å². The Morgan fingerprint density at radius 2 is 1.80 bits per heavy atom. The monoisotopic (exact) mass is 574 g/mol. The van der Waals surface area contributed by atoms with E-state index in [4.69, 9.17) is 21.4 Å². The van der Waals surface area contributed by atoms with Gasteiger partial charge in [-0.15, -0.1) is 11.8 Å². The highest BCUT2D eigenvalue weighted by atomic mass is 35.5. The Labute approximate surface area is 243 Å². The van der Waals surface area contributed by atoms with Gasteiger partial charge in [-0.1, -0.05) is 77.8 Å². The smallest absolute Gasteiger partial charge is 0.240 e. The molecule has 0 bridgehead atoms. The predicted molar refractivity (Wildman–Crippen MR) is 161 cm³/mol. The van der Waals surface area contributed by atoms with Crippen LogP contribution >= 0.6 is 23.4 Å². The molecule has 0 fully saturated rings. The molecular weight excluding hydrogens is 544 g/mol. The fourth-order valence-corrected chi connectivity index (χ4v) is 6.31. The fraction of sp³-hybridized carbons (Fsp3) is 0.258. The molecule has 206 valence electrons. The van der Waals surface area contributed by atoms with E-state index in [0.717, 1.165) is 33.6 Å². The van der Waals surface area contributed by atoms with Crippen LogP contribution in [0.3, 0.4) is 0 Å². The van der Waals surface area contributed by atoms with Crippen molar-refractivity contribution in [2.75, 3.05) is 37.5 Å². The van der Waals surface area contributed by atoms with Crippen molar-refractivity contribution < 1.29 is 14.3 Å². The van der Waals surface area contributed by atoms with Crippen LogP contribution in [0.25, 0.3) is 16.9 Å². The highest BCUT2D eigenvalue weighted by molar-refractivity contribution is 8.00. The van der Waals surface area contributed by atoms with Crippen LogP contribution in [0.1, 0.15) is 28.4 Å². The third kappa shape index (κ3) is 5.94. The standard InChI is InChI=1S/C31H31ClN4O3S/c1-21-13-15-23(16-14-21)36-31-28(29(34-36)22-9-4-3-5-10-22)30(24-11-6-7-12-25(24)32)40-20-27(38)35(31)19-26(37)33-17-8-18-39-2/h3-7,9-16,30H,8,17-20H2,1-2H3,(H,33,37). The summed E-state index contributed by atoms with van der Waals surface area (Å²) in [6.45, 7) is 2.91. The molecule has 40 heavy (non-hydrogen) atoms.